The van der Waals surface area contributed by atoms with Crippen LogP contribution >= 0.6 is 0 Å². The highest BCUT2D eigenvalue weighted by atomic mass is 19.2. The molecule has 0 saturated carbocycles. The Morgan fingerprint density at radius 1 is 0.636 bits per heavy atom. The van der Waals surface area contributed by atoms with Crippen LogP contribution in [0.5, 0.6) is 0 Å². The zero-order chi connectivity index (χ0) is 16.3. The van der Waals surface area contributed by atoms with E-state index in [9.17, 15) is 22.0 Å². The molecule has 0 bridgehead atoms. The van der Waals surface area contributed by atoms with Crippen molar-refractivity contribution in [3.63, 3.8) is 0 Å². The summed E-state index contributed by atoms with van der Waals surface area (Å²) >= 11 is 0. The van der Waals surface area contributed by atoms with Gasteiger partial charge in [-0.2, -0.15) is 0 Å². The van der Waals surface area contributed by atoms with E-state index in [2.05, 4.69) is 0 Å². The fourth-order valence-corrected chi connectivity index (χ4v) is 2.26. The highest BCUT2D eigenvalue weighted by Crippen LogP contribution is 2.24. The number of hydrogen-bond acceptors (Lipinski definition) is 0. The minimum atomic E-state index is -2.11. The Kier molecular flexibility index (Phi) is 5.16. The monoisotopic (exact) mass is 314 g/mol. The summed E-state index contributed by atoms with van der Waals surface area (Å²) in [7, 11) is 0. The molecule has 0 spiro atoms. The first-order chi connectivity index (χ1) is 10.4. The summed E-state index contributed by atoms with van der Waals surface area (Å²) in [4.78, 5) is 0. The molecule has 0 saturated heterocycles. The van der Waals surface area contributed by atoms with Crippen LogP contribution in [0.1, 0.15) is 29.5 Å². The van der Waals surface area contributed by atoms with Crippen molar-refractivity contribution in [1.29, 1.82) is 0 Å². The molecule has 22 heavy (non-hydrogen) atoms. The zero-order valence-electron chi connectivity index (χ0n) is 12.0. The Hall–Kier alpha value is -1.91. The zero-order valence-corrected chi connectivity index (χ0v) is 12.0. The second-order valence-corrected chi connectivity index (χ2v) is 5.24. The maximum absolute atomic E-state index is 13.5. The topological polar surface area (TPSA) is 0 Å². The van der Waals surface area contributed by atoms with Crippen LogP contribution in [0, 0.1) is 36.0 Å². The lowest BCUT2D eigenvalue weighted by Gasteiger charge is -2.08. The molecular weight excluding hydrogens is 299 g/mol. The van der Waals surface area contributed by atoms with Crippen LogP contribution in [0.4, 0.5) is 22.0 Å². The van der Waals surface area contributed by atoms with Crippen molar-refractivity contribution in [3.05, 3.63) is 70.0 Å². The first-order valence-electron chi connectivity index (χ1n) is 6.97. The second kappa shape index (κ2) is 6.90. The minimum Gasteiger partial charge on any atom is -0.203 e. The van der Waals surface area contributed by atoms with Gasteiger partial charge in [-0.3, -0.25) is 0 Å². The van der Waals surface area contributed by atoms with E-state index in [1.165, 1.54) is 0 Å². The first kappa shape index (κ1) is 16.5. The smallest absolute Gasteiger partial charge is 0.200 e. The van der Waals surface area contributed by atoms with Gasteiger partial charge in [-0.15, -0.1) is 0 Å². The molecule has 0 radical (unpaired) electrons. The summed E-state index contributed by atoms with van der Waals surface area (Å²) in [5.41, 5.74) is 1.47. The predicted octanol–water partition coefficient (Wildman–Crippen LogP) is 5.26. The average Bonchev–Trinajstić information content (AvgIpc) is 2.52. The van der Waals surface area contributed by atoms with Crippen molar-refractivity contribution < 1.29 is 22.0 Å². The van der Waals surface area contributed by atoms with E-state index in [0.29, 0.717) is 19.3 Å². The highest BCUT2D eigenvalue weighted by molar-refractivity contribution is 5.24. The standard InChI is InChI=1S/C17H15F5/c1-10-6-8-11(9-7-10)4-2-3-5-12-13(18)15(20)17(22)16(21)14(12)19/h6-9H,2-5H2,1H3. The third-order valence-corrected chi connectivity index (χ3v) is 3.56. The Bertz CT molecular complexity index is 633. The molecule has 0 atom stereocenters. The van der Waals surface area contributed by atoms with Crippen molar-refractivity contribution in [2.24, 2.45) is 0 Å². The third-order valence-electron chi connectivity index (χ3n) is 3.56. The summed E-state index contributed by atoms with van der Waals surface area (Å²) in [5.74, 6) is -9.34. The molecule has 0 N–H and O–H groups in total. The molecule has 0 heterocycles. The van der Waals surface area contributed by atoms with Crippen LogP contribution in [-0.2, 0) is 12.8 Å². The Morgan fingerprint density at radius 3 is 1.64 bits per heavy atom. The van der Waals surface area contributed by atoms with Gasteiger partial charge in [0.25, 0.3) is 0 Å². The van der Waals surface area contributed by atoms with E-state index in [0.717, 1.165) is 11.1 Å². The van der Waals surface area contributed by atoms with E-state index in [1.807, 2.05) is 31.2 Å². The Labute approximate surface area is 125 Å². The van der Waals surface area contributed by atoms with Gasteiger partial charge in [0.15, 0.2) is 23.3 Å². The molecule has 2 rings (SSSR count). The largest absolute Gasteiger partial charge is 0.203 e. The summed E-state index contributed by atoms with van der Waals surface area (Å²) in [6.45, 7) is 1.97. The molecule has 0 fully saturated rings. The number of benzene rings is 2. The molecule has 0 aliphatic heterocycles. The molecule has 5 heteroatoms. The summed E-state index contributed by atoms with van der Waals surface area (Å²) in [6.07, 6.45) is 1.45. The van der Waals surface area contributed by atoms with Crippen LogP contribution in [0.2, 0.25) is 0 Å². The molecule has 0 nitrogen and oxygen atoms in total. The lowest BCUT2D eigenvalue weighted by atomic mass is 10.0. The van der Waals surface area contributed by atoms with Crippen LogP contribution in [0.15, 0.2) is 24.3 Å². The Balaban J connectivity index is 1.99. The van der Waals surface area contributed by atoms with Crippen LogP contribution in [0.25, 0.3) is 0 Å². The lowest BCUT2D eigenvalue weighted by molar-refractivity contribution is 0.369. The van der Waals surface area contributed by atoms with Crippen molar-refractivity contribution in [1.82, 2.24) is 0 Å². The first-order valence-corrected chi connectivity index (χ1v) is 6.97. The summed E-state index contributed by atoms with van der Waals surface area (Å²) in [5, 5.41) is 0. The van der Waals surface area contributed by atoms with Crippen LogP contribution in [0.3, 0.4) is 0 Å². The average molecular weight is 314 g/mol. The van der Waals surface area contributed by atoms with Gasteiger partial charge in [-0.05, 0) is 38.2 Å². The van der Waals surface area contributed by atoms with Gasteiger partial charge < -0.3 is 0 Å². The van der Waals surface area contributed by atoms with Gasteiger partial charge in [0.2, 0.25) is 5.82 Å². The lowest BCUT2D eigenvalue weighted by Crippen LogP contribution is -2.07. The predicted molar refractivity (Wildman–Crippen MR) is 74.1 cm³/mol. The summed E-state index contributed by atoms with van der Waals surface area (Å²) < 4.78 is 66.0. The van der Waals surface area contributed by atoms with Crippen LogP contribution < -0.4 is 0 Å². The van der Waals surface area contributed by atoms with Gasteiger partial charge in [0.1, 0.15) is 0 Å². The van der Waals surface area contributed by atoms with Crippen molar-refractivity contribution >= 4 is 0 Å². The van der Waals surface area contributed by atoms with Crippen molar-refractivity contribution in [2.45, 2.75) is 32.6 Å². The van der Waals surface area contributed by atoms with E-state index in [4.69, 9.17) is 0 Å². The maximum atomic E-state index is 13.5. The van der Waals surface area contributed by atoms with Gasteiger partial charge in [-0.25, -0.2) is 22.0 Å². The van der Waals surface area contributed by atoms with E-state index in [-0.39, 0.29) is 6.42 Å². The van der Waals surface area contributed by atoms with Crippen molar-refractivity contribution in [3.8, 4) is 0 Å². The fraction of sp³-hybridized carbons (Fsp3) is 0.294. The maximum Gasteiger partial charge on any atom is 0.200 e. The fourth-order valence-electron chi connectivity index (χ4n) is 2.26. The molecular formula is C17H15F5. The highest BCUT2D eigenvalue weighted by Gasteiger charge is 2.24. The molecule has 118 valence electrons. The molecule has 2 aromatic rings. The molecule has 2 aromatic carbocycles. The minimum absolute atomic E-state index is 0.183. The molecule has 0 aromatic heterocycles. The van der Waals surface area contributed by atoms with Gasteiger partial charge in [-0.1, -0.05) is 29.8 Å². The SMILES string of the molecule is Cc1ccc(CCCCc2c(F)c(F)c(F)c(F)c2F)cc1. The van der Waals surface area contributed by atoms with E-state index < -0.39 is 34.6 Å². The third kappa shape index (κ3) is 3.46. The second-order valence-electron chi connectivity index (χ2n) is 5.24. The Morgan fingerprint density at radius 2 is 1.09 bits per heavy atom. The number of hydrogen-bond donors (Lipinski definition) is 0. The van der Waals surface area contributed by atoms with Crippen molar-refractivity contribution in [2.75, 3.05) is 0 Å². The van der Waals surface area contributed by atoms with Crippen LogP contribution in [-0.4, -0.2) is 0 Å². The quantitative estimate of drug-likeness (QED) is 0.306. The number of aryl methyl sites for hydroxylation is 2. The summed E-state index contributed by atoms with van der Waals surface area (Å²) in [6, 6.07) is 7.82. The van der Waals surface area contributed by atoms with E-state index >= 15 is 0 Å². The number of halogens is 5. The van der Waals surface area contributed by atoms with Gasteiger partial charge in [0.05, 0.1) is 0 Å². The number of rotatable bonds is 5. The normalized spacial score (nSPS) is 11.0. The van der Waals surface area contributed by atoms with Gasteiger partial charge in [0, 0.05) is 5.56 Å². The molecule has 0 aliphatic carbocycles. The van der Waals surface area contributed by atoms with Gasteiger partial charge >= 0.3 is 0 Å². The molecule has 0 amide bonds. The molecule has 0 unspecified atom stereocenters. The van der Waals surface area contributed by atoms with E-state index in [1.54, 1.807) is 0 Å². The molecule has 0 aliphatic rings. The number of unbranched alkanes of at least 4 members (excludes halogenated alkanes) is 1.